The van der Waals surface area contributed by atoms with Gasteiger partial charge in [0.1, 0.15) is 6.10 Å². The quantitative estimate of drug-likeness (QED) is 0.676. The van der Waals surface area contributed by atoms with Gasteiger partial charge in [-0.2, -0.15) is 0 Å². The lowest BCUT2D eigenvalue weighted by Crippen LogP contribution is -2.62. The van der Waals surface area contributed by atoms with E-state index in [1.54, 1.807) is 19.1 Å². The molecule has 7 nitrogen and oxygen atoms in total. The maximum atomic E-state index is 13.5. The van der Waals surface area contributed by atoms with Gasteiger partial charge in [0.2, 0.25) is 5.78 Å². The first-order valence-electron chi connectivity index (χ1n) is 11.5. The van der Waals surface area contributed by atoms with Gasteiger partial charge in [-0.25, -0.2) is 4.99 Å². The number of ketones is 2. The van der Waals surface area contributed by atoms with Crippen LogP contribution < -0.4 is 0 Å². The van der Waals surface area contributed by atoms with Crippen molar-refractivity contribution < 1.29 is 29.0 Å². The van der Waals surface area contributed by atoms with Crippen LogP contribution >= 0.6 is 0 Å². The summed E-state index contributed by atoms with van der Waals surface area (Å²) in [7, 11) is 0. The largest absolute Gasteiger partial charge is 0.475 e. The number of ether oxygens (including phenoxy) is 2. The Balaban J connectivity index is 1.56. The molecule has 7 heteroatoms. The van der Waals surface area contributed by atoms with Crippen molar-refractivity contribution in [1.82, 2.24) is 0 Å². The fourth-order valence-corrected chi connectivity index (χ4v) is 7.97. The third-order valence-electron chi connectivity index (χ3n) is 9.17. The molecule has 0 bridgehead atoms. The first-order valence-corrected chi connectivity index (χ1v) is 11.5. The molecule has 1 heterocycles. The summed E-state index contributed by atoms with van der Waals surface area (Å²) < 4.78 is 11.2. The van der Waals surface area contributed by atoms with E-state index in [4.69, 9.17) is 14.5 Å². The van der Waals surface area contributed by atoms with E-state index in [9.17, 15) is 19.5 Å². The number of carbonyl (C=O) groups is 3. The Kier molecular flexibility index (Phi) is 4.62. The number of carbonyl (C=O) groups excluding carboxylic acids is 3. The van der Waals surface area contributed by atoms with Crippen molar-refractivity contribution in [2.24, 2.45) is 33.6 Å². The summed E-state index contributed by atoms with van der Waals surface area (Å²) in [5.74, 6) is -0.0140. The van der Waals surface area contributed by atoms with Crippen molar-refractivity contribution in [2.75, 3.05) is 6.61 Å². The summed E-state index contributed by atoms with van der Waals surface area (Å²) in [6.45, 7) is 6.88. The highest BCUT2D eigenvalue weighted by molar-refractivity contribution is 6.01. The molecular formula is C25H31NO6. The van der Waals surface area contributed by atoms with Crippen LogP contribution in [0.25, 0.3) is 0 Å². The summed E-state index contributed by atoms with van der Waals surface area (Å²) in [5, 5.41) is 11.6. The van der Waals surface area contributed by atoms with Crippen molar-refractivity contribution in [3.05, 3.63) is 23.8 Å². The maximum Gasteiger partial charge on any atom is 0.303 e. The average molecular weight is 442 g/mol. The van der Waals surface area contributed by atoms with Gasteiger partial charge < -0.3 is 14.6 Å². The van der Waals surface area contributed by atoms with Crippen LogP contribution in [0.2, 0.25) is 0 Å². The fraction of sp³-hybridized carbons (Fsp3) is 0.680. The Morgan fingerprint density at radius 3 is 2.81 bits per heavy atom. The lowest BCUT2D eigenvalue weighted by molar-refractivity contribution is -0.155. The molecule has 5 rings (SSSR count). The maximum absolute atomic E-state index is 13.5. The number of Topliss-reactive ketones (excluding diaryl/α,β-unsaturated/α-hetero) is 1. The second-order valence-corrected chi connectivity index (χ2v) is 10.7. The van der Waals surface area contributed by atoms with Crippen LogP contribution in [-0.2, 0) is 23.9 Å². The minimum atomic E-state index is -1.15. The molecule has 4 aliphatic carbocycles. The minimum Gasteiger partial charge on any atom is -0.475 e. The molecule has 0 amide bonds. The highest BCUT2D eigenvalue weighted by Gasteiger charge is 2.74. The average Bonchev–Trinajstić information content (AvgIpc) is 3.17. The van der Waals surface area contributed by atoms with Crippen LogP contribution in [0.4, 0.5) is 0 Å². The minimum absolute atomic E-state index is 0.00898. The summed E-state index contributed by atoms with van der Waals surface area (Å²) >= 11 is 0. The van der Waals surface area contributed by atoms with Crippen molar-refractivity contribution in [2.45, 2.75) is 71.1 Å². The lowest BCUT2D eigenvalue weighted by Gasteiger charge is -2.59. The second-order valence-electron chi connectivity index (χ2n) is 10.7. The van der Waals surface area contributed by atoms with E-state index in [1.165, 1.54) is 6.92 Å². The number of rotatable bonds is 3. The van der Waals surface area contributed by atoms with E-state index in [0.717, 1.165) is 18.4 Å². The predicted octanol–water partition coefficient (Wildman–Crippen LogP) is 2.56. The van der Waals surface area contributed by atoms with Crippen molar-refractivity contribution in [1.29, 1.82) is 0 Å². The zero-order valence-corrected chi connectivity index (χ0v) is 19.1. The first kappa shape index (κ1) is 21.6. The van der Waals surface area contributed by atoms with Gasteiger partial charge in [-0.1, -0.05) is 25.5 Å². The van der Waals surface area contributed by atoms with Crippen molar-refractivity contribution in [3.8, 4) is 0 Å². The standard InChI is InChI=1S/C25H31NO6/c1-13-26-25(20(30)12-31-14(2)27)21(32-13)10-18-17-6-5-15-9-16(28)7-8-23(15,3)22(17)19(29)11-24(18,25)4/h7-9,17-19,21-22,29H,5-6,10-12H2,1-4H3/t17-,18-,19-,21+,22+,23-,24-,25-/m0/s1. The lowest BCUT2D eigenvalue weighted by atomic mass is 9.46. The molecular weight excluding hydrogens is 410 g/mol. The van der Waals surface area contributed by atoms with Gasteiger partial charge in [0.05, 0.1) is 6.10 Å². The van der Waals surface area contributed by atoms with Crippen molar-refractivity contribution in [3.63, 3.8) is 0 Å². The number of aliphatic imine (C=N–C) groups is 1. The zero-order chi connectivity index (χ0) is 23.1. The van der Waals surface area contributed by atoms with Crippen LogP contribution in [0.15, 0.2) is 28.8 Å². The Labute approximate surface area is 187 Å². The smallest absolute Gasteiger partial charge is 0.303 e. The number of hydrogen-bond donors (Lipinski definition) is 1. The Bertz CT molecular complexity index is 996. The number of allylic oxidation sites excluding steroid dienone is 4. The third-order valence-corrected chi connectivity index (χ3v) is 9.17. The normalized spacial score (nSPS) is 46.2. The summed E-state index contributed by atoms with van der Waals surface area (Å²) in [4.78, 5) is 41.7. The summed E-state index contributed by atoms with van der Waals surface area (Å²) in [5.41, 5.74) is -1.04. The highest BCUT2D eigenvalue weighted by atomic mass is 16.5. The van der Waals surface area contributed by atoms with E-state index in [-0.39, 0.29) is 41.3 Å². The molecule has 0 unspecified atom stereocenters. The van der Waals surface area contributed by atoms with E-state index < -0.39 is 29.1 Å². The number of aliphatic hydroxyl groups excluding tert-OH is 1. The predicted molar refractivity (Wildman–Crippen MR) is 116 cm³/mol. The number of esters is 1. The van der Waals surface area contributed by atoms with E-state index >= 15 is 0 Å². The van der Waals surface area contributed by atoms with E-state index in [0.29, 0.717) is 18.7 Å². The van der Waals surface area contributed by atoms with Crippen LogP contribution in [0, 0.1) is 28.6 Å². The van der Waals surface area contributed by atoms with Crippen molar-refractivity contribution >= 4 is 23.4 Å². The molecule has 0 spiro atoms. The number of hydrogen-bond acceptors (Lipinski definition) is 7. The number of nitrogens with zero attached hydrogens (tertiary/aromatic N) is 1. The Morgan fingerprint density at radius 2 is 2.09 bits per heavy atom. The second kappa shape index (κ2) is 6.86. The van der Waals surface area contributed by atoms with Gasteiger partial charge in [0.25, 0.3) is 0 Å². The first-order chi connectivity index (χ1) is 15.0. The van der Waals surface area contributed by atoms with Gasteiger partial charge in [0.15, 0.2) is 23.8 Å². The van der Waals surface area contributed by atoms with Gasteiger partial charge in [-0.15, -0.1) is 0 Å². The van der Waals surface area contributed by atoms with Crippen LogP contribution in [-0.4, -0.2) is 52.9 Å². The molecule has 0 aromatic heterocycles. The van der Waals surface area contributed by atoms with Gasteiger partial charge >= 0.3 is 5.97 Å². The monoisotopic (exact) mass is 441 g/mol. The molecule has 8 atom stereocenters. The molecule has 0 saturated heterocycles. The summed E-state index contributed by atoms with van der Waals surface area (Å²) in [6.07, 6.45) is 7.01. The van der Waals surface area contributed by atoms with Crippen LogP contribution in [0.3, 0.4) is 0 Å². The molecule has 0 aromatic rings. The Hall–Kier alpha value is -2.28. The van der Waals surface area contributed by atoms with Gasteiger partial charge in [-0.3, -0.25) is 14.4 Å². The number of aliphatic hydroxyl groups is 1. The van der Waals surface area contributed by atoms with Crippen LogP contribution in [0.1, 0.15) is 53.4 Å². The SMILES string of the molecule is CC(=O)OCC(=O)[C@]12N=C(C)O[C@@H]1C[C@H]1[C@@H]3CCC4=CC(=O)C=C[C@]4(C)[C@H]3[C@@H](O)C[C@@]12C. The molecule has 1 aliphatic heterocycles. The fourth-order valence-electron chi connectivity index (χ4n) is 7.97. The van der Waals surface area contributed by atoms with Crippen LogP contribution in [0.5, 0.6) is 0 Å². The number of fused-ring (bicyclic) bond motifs is 7. The van der Waals surface area contributed by atoms with E-state index in [1.807, 2.05) is 6.08 Å². The molecule has 0 radical (unpaired) electrons. The zero-order valence-electron chi connectivity index (χ0n) is 19.1. The molecule has 0 aromatic carbocycles. The molecule has 172 valence electrons. The topological polar surface area (TPSA) is 102 Å². The Morgan fingerprint density at radius 1 is 1.34 bits per heavy atom. The third kappa shape index (κ3) is 2.63. The molecule has 32 heavy (non-hydrogen) atoms. The van der Waals surface area contributed by atoms with E-state index in [2.05, 4.69) is 13.8 Å². The van der Waals surface area contributed by atoms with Gasteiger partial charge in [-0.05, 0) is 49.7 Å². The molecule has 3 fully saturated rings. The molecule has 3 saturated carbocycles. The molecule has 1 N–H and O–H groups in total. The highest BCUT2D eigenvalue weighted by Crippen LogP contribution is 2.69. The summed E-state index contributed by atoms with van der Waals surface area (Å²) in [6, 6.07) is 0. The molecule has 5 aliphatic rings. The van der Waals surface area contributed by atoms with Gasteiger partial charge in [0, 0.05) is 30.6 Å².